The minimum absolute atomic E-state index is 0.165. The number of urea groups is 1. The highest BCUT2D eigenvalue weighted by Gasteiger charge is 2.36. The Labute approximate surface area is 168 Å². The van der Waals surface area contributed by atoms with Gasteiger partial charge in [0, 0.05) is 11.1 Å². The van der Waals surface area contributed by atoms with E-state index in [1.807, 2.05) is 38.1 Å². The van der Waals surface area contributed by atoms with Gasteiger partial charge >= 0.3 is 6.03 Å². The summed E-state index contributed by atoms with van der Waals surface area (Å²) in [6, 6.07) is 15.0. The molecule has 3 aromatic rings. The molecule has 0 fully saturated rings. The molecule has 0 saturated heterocycles. The Balaban J connectivity index is 1.52. The van der Waals surface area contributed by atoms with Crippen LogP contribution >= 0.6 is 0 Å². The molecule has 1 aliphatic heterocycles. The lowest BCUT2D eigenvalue weighted by molar-refractivity contribution is -0.118. The maximum Gasteiger partial charge on any atom is 0.325 e. The smallest absolute Gasteiger partial charge is 0.307 e. The third kappa shape index (κ3) is 3.31. The van der Waals surface area contributed by atoms with Gasteiger partial charge in [0.05, 0.1) is 10.6 Å². The van der Waals surface area contributed by atoms with E-state index in [-0.39, 0.29) is 4.90 Å². The first-order valence-corrected chi connectivity index (χ1v) is 10.4. The zero-order chi connectivity index (χ0) is 20.8. The van der Waals surface area contributed by atoms with E-state index in [2.05, 4.69) is 10.6 Å². The van der Waals surface area contributed by atoms with Gasteiger partial charge in [-0.25, -0.2) is 13.2 Å². The Morgan fingerprint density at radius 3 is 2.45 bits per heavy atom. The maximum absolute atomic E-state index is 12.9. The van der Waals surface area contributed by atoms with Crippen molar-refractivity contribution in [3.8, 4) is 0 Å². The number of nitrogens with zero attached hydrogens (tertiary/aromatic N) is 1. The molecule has 0 atom stereocenters. The number of hydrogen-bond donors (Lipinski definition) is 2. The SMILES string of the molecule is Cc1ccc(NC(=O)NC(=O)CN2c3cccc4cccc(c34)S2(=O)=O)c(C)c1. The molecule has 7 nitrogen and oxygen atoms in total. The van der Waals surface area contributed by atoms with E-state index in [1.165, 1.54) is 6.07 Å². The predicted octanol–water partition coefficient (Wildman–Crippen LogP) is 3.31. The van der Waals surface area contributed by atoms with Crippen LogP contribution in [0, 0.1) is 13.8 Å². The molecule has 0 saturated carbocycles. The topological polar surface area (TPSA) is 95.6 Å². The molecular weight excluding hydrogens is 390 g/mol. The molecule has 148 valence electrons. The number of amides is 3. The van der Waals surface area contributed by atoms with Crippen LogP contribution in [0.3, 0.4) is 0 Å². The van der Waals surface area contributed by atoms with Crippen LogP contribution in [0.1, 0.15) is 11.1 Å². The van der Waals surface area contributed by atoms with Crippen LogP contribution in [-0.4, -0.2) is 26.9 Å². The lowest BCUT2D eigenvalue weighted by Gasteiger charge is -2.18. The second-order valence-electron chi connectivity index (χ2n) is 6.96. The number of anilines is 2. The van der Waals surface area contributed by atoms with E-state index in [4.69, 9.17) is 0 Å². The fourth-order valence-electron chi connectivity index (χ4n) is 3.53. The summed E-state index contributed by atoms with van der Waals surface area (Å²) in [5, 5.41) is 6.17. The molecule has 0 aromatic heterocycles. The number of hydrogen-bond acceptors (Lipinski definition) is 4. The quantitative estimate of drug-likeness (QED) is 0.694. The average molecular weight is 409 g/mol. The molecule has 0 bridgehead atoms. The van der Waals surface area contributed by atoms with Crippen LogP contribution < -0.4 is 14.9 Å². The number of sulfonamides is 1. The summed E-state index contributed by atoms with van der Waals surface area (Å²) in [6.45, 7) is 3.30. The van der Waals surface area contributed by atoms with Gasteiger partial charge in [-0.2, -0.15) is 0 Å². The van der Waals surface area contributed by atoms with E-state index in [9.17, 15) is 18.0 Å². The summed E-state index contributed by atoms with van der Waals surface area (Å²) in [6.07, 6.45) is 0. The Hall–Kier alpha value is -3.39. The molecule has 3 aromatic carbocycles. The number of carbonyl (C=O) groups is 2. The Kier molecular flexibility index (Phi) is 4.50. The number of benzene rings is 3. The molecule has 0 radical (unpaired) electrons. The summed E-state index contributed by atoms with van der Waals surface area (Å²) >= 11 is 0. The molecule has 0 unspecified atom stereocenters. The molecule has 0 spiro atoms. The highest BCUT2D eigenvalue weighted by molar-refractivity contribution is 7.93. The van der Waals surface area contributed by atoms with Gasteiger partial charge in [0.15, 0.2) is 0 Å². The van der Waals surface area contributed by atoms with Crippen LogP contribution in [0.4, 0.5) is 16.2 Å². The largest absolute Gasteiger partial charge is 0.325 e. The van der Waals surface area contributed by atoms with Crippen molar-refractivity contribution in [2.24, 2.45) is 0 Å². The predicted molar refractivity (Wildman–Crippen MR) is 112 cm³/mol. The second kappa shape index (κ2) is 6.89. The van der Waals surface area contributed by atoms with Crippen LogP contribution in [0.25, 0.3) is 10.8 Å². The van der Waals surface area contributed by atoms with E-state index >= 15 is 0 Å². The zero-order valence-electron chi connectivity index (χ0n) is 15.9. The van der Waals surface area contributed by atoms with E-state index < -0.39 is 28.5 Å². The van der Waals surface area contributed by atoms with Gasteiger partial charge in [0.25, 0.3) is 10.0 Å². The van der Waals surface area contributed by atoms with Gasteiger partial charge < -0.3 is 5.32 Å². The molecular formula is C21H19N3O4S. The summed E-state index contributed by atoms with van der Waals surface area (Å²) in [5.41, 5.74) is 2.92. The summed E-state index contributed by atoms with van der Waals surface area (Å²) < 4.78 is 26.8. The van der Waals surface area contributed by atoms with Crippen molar-refractivity contribution < 1.29 is 18.0 Å². The Morgan fingerprint density at radius 2 is 1.72 bits per heavy atom. The first-order chi connectivity index (χ1) is 13.8. The fraction of sp³-hybridized carbons (Fsp3) is 0.143. The van der Waals surface area contributed by atoms with Crippen molar-refractivity contribution >= 4 is 44.1 Å². The molecule has 8 heteroatoms. The molecule has 0 aliphatic carbocycles. The average Bonchev–Trinajstić information content (AvgIpc) is 2.87. The maximum atomic E-state index is 12.9. The van der Waals surface area contributed by atoms with Gasteiger partial charge in [-0.1, -0.05) is 42.0 Å². The van der Waals surface area contributed by atoms with Crippen molar-refractivity contribution in [2.45, 2.75) is 18.7 Å². The van der Waals surface area contributed by atoms with Crippen molar-refractivity contribution in [1.29, 1.82) is 0 Å². The van der Waals surface area contributed by atoms with Gasteiger partial charge in [-0.05, 0) is 43.0 Å². The number of imide groups is 1. The molecule has 4 rings (SSSR count). The monoisotopic (exact) mass is 409 g/mol. The van der Waals surface area contributed by atoms with Gasteiger partial charge in [-0.15, -0.1) is 0 Å². The van der Waals surface area contributed by atoms with E-state index in [0.29, 0.717) is 16.8 Å². The summed E-state index contributed by atoms with van der Waals surface area (Å²) in [5.74, 6) is -0.722. The first-order valence-electron chi connectivity index (χ1n) is 9.00. The normalized spacial score (nSPS) is 14.1. The van der Waals surface area contributed by atoms with Crippen molar-refractivity contribution in [3.05, 3.63) is 65.7 Å². The number of carbonyl (C=O) groups excluding carboxylic acids is 2. The zero-order valence-corrected chi connectivity index (χ0v) is 16.7. The highest BCUT2D eigenvalue weighted by atomic mass is 32.2. The summed E-state index contributed by atoms with van der Waals surface area (Å²) in [7, 11) is -3.86. The van der Waals surface area contributed by atoms with Gasteiger partial charge in [-0.3, -0.25) is 14.4 Å². The minimum atomic E-state index is -3.86. The molecule has 29 heavy (non-hydrogen) atoms. The van der Waals surface area contributed by atoms with Crippen LogP contribution in [0.2, 0.25) is 0 Å². The Morgan fingerprint density at radius 1 is 1.00 bits per heavy atom. The number of nitrogens with one attached hydrogen (secondary N) is 2. The Bertz CT molecular complexity index is 1260. The third-order valence-corrected chi connectivity index (χ3v) is 6.65. The number of aryl methyl sites for hydroxylation is 2. The van der Waals surface area contributed by atoms with Crippen molar-refractivity contribution in [2.75, 3.05) is 16.2 Å². The second-order valence-corrected chi connectivity index (χ2v) is 8.79. The van der Waals surface area contributed by atoms with Gasteiger partial charge in [0.1, 0.15) is 6.54 Å². The third-order valence-electron chi connectivity index (χ3n) is 4.85. The van der Waals surface area contributed by atoms with Crippen LogP contribution in [-0.2, 0) is 14.8 Å². The minimum Gasteiger partial charge on any atom is -0.307 e. The van der Waals surface area contributed by atoms with Crippen molar-refractivity contribution in [1.82, 2.24) is 5.32 Å². The van der Waals surface area contributed by atoms with E-state index in [0.717, 1.165) is 20.8 Å². The molecule has 2 N–H and O–H groups in total. The lowest BCUT2D eigenvalue weighted by Crippen LogP contribution is -2.43. The van der Waals surface area contributed by atoms with Gasteiger partial charge in [0.2, 0.25) is 5.91 Å². The first kappa shape index (κ1) is 18.9. The fourth-order valence-corrected chi connectivity index (χ4v) is 5.20. The molecule has 1 heterocycles. The standard InChI is InChI=1S/C21H19N3O4S/c1-13-9-10-16(14(2)11-13)22-21(26)23-19(25)12-24-17-7-3-5-15-6-4-8-18(20(15)17)29(24,27)28/h3-11H,12H2,1-2H3,(H2,22,23,25,26). The lowest BCUT2D eigenvalue weighted by atomic mass is 10.1. The number of rotatable bonds is 3. The van der Waals surface area contributed by atoms with Crippen LogP contribution in [0.15, 0.2) is 59.5 Å². The van der Waals surface area contributed by atoms with Crippen LogP contribution in [0.5, 0.6) is 0 Å². The van der Waals surface area contributed by atoms with Crippen molar-refractivity contribution in [3.63, 3.8) is 0 Å². The molecule has 3 amide bonds. The molecule has 1 aliphatic rings. The highest BCUT2D eigenvalue weighted by Crippen LogP contribution is 2.41. The van der Waals surface area contributed by atoms with E-state index in [1.54, 1.807) is 24.3 Å². The summed E-state index contributed by atoms with van der Waals surface area (Å²) in [4.78, 5) is 24.8.